The zero-order valence-electron chi connectivity index (χ0n) is 12.0. The summed E-state index contributed by atoms with van der Waals surface area (Å²) < 4.78 is 9.95. The molecule has 0 fully saturated rings. The van der Waals surface area contributed by atoms with Crippen molar-refractivity contribution in [2.24, 2.45) is 11.5 Å². The van der Waals surface area contributed by atoms with E-state index in [9.17, 15) is 0 Å². The number of hydrogen-bond acceptors (Lipinski definition) is 4. The number of ether oxygens (including phenoxy) is 2. The minimum Gasteiger partial charge on any atom is -0.497 e. The van der Waals surface area contributed by atoms with Crippen LogP contribution in [-0.2, 0) is 13.1 Å². The largest absolute Gasteiger partial charge is 0.497 e. The molecule has 0 spiro atoms. The molecule has 4 heteroatoms. The Hall–Kier alpha value is -2.04. The van der Waals surface area contributed by atoms with E-state index in [0.29, 0.717) is 13.1 Å². The lowest BCUT2D eigenvalue weighted by atomic mass is 10.2. The highest BCUT2D eigenvalue weighted by Gasteiger charge is 1.90. The van der Waals surface area contributed by atoms with E-state index in [0.717, 1.165) is 22.6 Å². The average molecular weight is 274 g/mol. The Labute approximate surface area is 120 Å². The molecule has 4 nitrogen and oxygen atoms in total. The lowest BCUT2D eigenvalue weighted by molar-refractivity contribution is 0.414. The van der Waals surface area contributed by atoms with Crippen molar-refractivity contribution in [3.8, 4) is 11.5 Å². The molecule has 0 saturated heterocycles. The summed E-state index contributed by atoms with van der Waals surface area (Å²) in [6, 6.07) is 15.4. The highest BCUT2D eigenvalue weighted by molar-refractivity contribution is 5.27. The van der Waals surface area contributed by atoms with Crippen molar-refractivity contribution in [1.29, 1.82) is 0 Å². The molecule has 0 radical (unpaired) electrons. The highest BCUT2D eigenvalue weighted by atomic mass is 16.5. The quantitative estimate of drug-likeness (QED) is 0.897. The van der Waals surface area contributed by atoms with Crippen molar-refractivity contribution >= 4 is 0 Å². The highest BCUT2D eigenvalue weighted by Crippen LogP contribution is 2.10. The van der Waals surface area contributed by atoms with E-state index in [1.165, 1.54) is 0 Å². The Morgan fingerprint density at radius 3 is 1.15 bits per heavy atom. The van der Waals surface area contributed by atoms with Crippen LogP contribution in [0.1, 0.15) is 11.1 Å². The third-order valence-corrected chi connectivity index (χ3v) is 2.79. The van der Waals surface area contributed by atoms with Crippen LogP contribution >= 0.6 is 0 Å². The predicted octanol–water partition coefficient (Wildman–Crippen LogP) is 2.31. The summed E-state index contributed by atoms with van der Waals surface area (Å²) in [6.07, 6.45) is 0. The zero-order chi connectivity index (χ0) is 14.8. The molecule has 0 heterocycles. The molecule has 2 rings (SSSR count). The Morgan fingerprint density at radius 1 is 0.650 bits per heavy atom. The van der Waals surface area contributed by atoms with Crippen LogP contribution in [0.15, 0.2) is 48.5 Å². The molecule has 0 bridgehead atoms. The van der Waals surface area contributed by atoms with Crippen molar-refractivity contribution in [3.05, 3.63) is 59.7 Å². The van der Waals surface area contributed by atoms with Gasteiger partial charge in [0.1, 0.15) is 11.5 Å². The fourth-order valence-corrected chi connectivity index (χ4v) is 1.52. The van der Waals surface area contributed by atoms with E-state index >= 15 is 0 Å². The number of nitrogens with two attached hydrogens (primary N) is 2. The Bertz CT molecular complexity index is 387. The van der Waals surface area contributed by atoms with Crippen molar-refractivity contribution in [1.82, 2.24) is 0 Å². The summed E-state index contributed by atoms with van der Waals surface area (Å²) in [7, 11) is 3.30. The Balaban J connectivity index is 0.000000200. The Kier molecular flexibility index (Phi) is 7.17. The van der Waals surface area contributed by atoms with Crippen molar-refractivity contribution in [3.63, 3.8) is 0 Å². The van der Waals surface area contributed by atoms with Crippen molar-refractivity contribution in [2.45, 2.75) is 13.1 Å². The molecule has 0 aliphatic carbocycles. The second-order valence-electron chi connectivity index (χ2n) is 4.10. The number of rotatable bonds is 4. The monoisotopic (exact) mass is 274 g/mol. The molecule has 0 aromatic heterocycles. The molecule has 0 saturated carbocycles. The lowest BCUT2D eigenvalue weighted by Gasteiger charge is -1.99. The normalized spacial score (nSPS) is 9.40. The second kappa shape index (κ2) is 8.96. The summed E-state index contributed by atoms with van der Waals surface area (Å²) in [5.74, 6) is 1.74. The number of hydrogen-bond donors (Lipinski definition) is 2. The van der Waals surface area contributed by atoms with Gasteiger partial charge in [0.2, 0.25) is 0 Å². The van der Waals surface area contributed by atoms with Gasteiger partial charge >= 0.3 is 0 Å². The van der Waals surface area contributed by atoms with E-state index in [2.05, 4.69) is 0 Å². The molecule has 0 atom stereocenters. The van der Waals surface area contributed by atoms with Crippen LogP contribution in [0.25, 0.3) is 0 Å². The van der Waals surface area contributed by atoms with E-state index in [-0.39, 0.29) is 0 Å². The molecule has 20 heavy (non-hydrogen) atoms. The van der Waals surface area contributed by atoms with Crippen LogP contribution in [-0.4, -0.2) is 14.2 Å². The maximum Gasteiger partial charge on any atom is 0.118 e. The molecule has 2 aromatic rings. The number of methoxy groups -OCH3 is 2. The van der Waals surface area contributed by atoms with Gasteiger partial charge in [0.05, 0.1) is 14.2 Å². The minimum atomic E-state index is 0.587. The Morgan fingerprint density at radius 2 is 0.950 bits per heavy atom. The molecule has 2 aromatic carbocycles. The summed E-state index contributed by atoms with van der Waals surface area (Å²) in [5.41, 5.74) is 13.1. The maximum absolute atomic E-state index is 5.40. The summed E-state index contributed by atoms with van der Waals surface area (Å²) >= 11 is 0. The first-order valence-electron chi connectivity index (χ1n) is 6.39. The first-order chi connectivity index (χ1) is 9.73. The van der Waals surface area contributed by atoms with E-state index < -0.39 is 0 Å². The van der Waals surface area contributed by atoms with Gasteiger partial charge in [0.25, 0.3) is 0 Å². The van der Waals surface area contributed by atoms with Gasteiger partial charge in [-0.3, -0.25) is 0 Å². The molecule has 0 amide bonds. The number of benzene rings is 2. The zero-order valence-corrected chi connectivity index (χ0v) is 12.0. The van der Waals surface area contributed by atoms with Crippen molar-refractivity contribution < 1.29 is 9.47 Å². The van der Waals surface area contributed by atoms with Gasteiger partial charge in [-0.05, 0) is 35.4 Å². The third-order valence-electron chi connectivity index (χ3n) is 2.79. The van der Waals surface area contributed by atoms with E-state index in [1.54, 1.807) is 14.2 Å². The third kappa shape index (κ3) is 5.30. The predicted molar refractivity (Wildman–Crippen MR) is 81.8 cm³/mol. The fraction of sp³-hybridized carbons (Fsp3) is 0.250. The minimum absolute atomic E-state index is 0.587. The van der Waals surface area contributed by atoms with Gasteiger partial charge in [0.15, 0.2) is 0 Å². The molecule has 0 unspecified atom stereocenters. The van der Waals surface area contributed by atoms with Gasteiger partial charge in [0, 0.05) is 13.1 Å². The molecule has 4 N–H and O–H groups in total. The molecular weight excluding hydrogens is 252 g/mol. The van der Waals surface area contributed by atoms with Crippen LogP contribution in [0.3, 0.4) is 0 Å². The lowest BCUT2D eigenvalue weighted by Crippen LogP contribution is -1.95. The SMILES string of the molecule is COc1ccc(CN)cc1.COc1ccc(CN)cc1. The van der Waals surface area contributed by atoms with Crippen LogP contribution in [0.5, 0.6) is 11.5 Å². The molecule has 0 aliphatic heterocycles. The summed E-state index contributed by atoms with van der Waals surface area (Å²) in [5, 5.41) is 0. The van der Waals surface area contributed by atoms with Crippen LogP contribution in [0.2, 0.25) is 0 Å². The van der Waals surface area contributed by atoms with Crippen LogP contribution < -0.4 is 20.9 Å². The topological polar surface area (TPSA) is 70.5 Å². The van der Waals surface area contributed by atoms with Gasteiger partial charge in [-0.25, -0.2) is 0 Å². The molecule has 108 valence electrons. The standard InChI is InChI=1S/2C8H11NO/c2*1-10-8-4-2-7(6-9)3-5-8/h2*2-5H,6,9H2,1H3. The van der Waals surface area contributed by atoms with E-state index in [1.807, 2.05) is 48.5 Å². The fourth-order valence-electron chi connectivity index (χ4n) is 1.52. The molecule has 0 aliphatic rings. The van der Waals surface area contributed by atoms with Gasteiger partial charge in [-0.1, -0.05) is 24.3 Å². The van der Waals surface area contributed by atoms with Gasteiger partial charge < -0.3 is 20.9 Å². The van der Waals surface area contributed by atoms with Gasteiger partial charge in [-0.2, -0.15) is 0 Å². The van der Waals surface area contributed by atoms with Crippen LogP contribution in [0.4, 0.5) is 0 Å². The van der Waals surface area contributed by atoms with Gasteiger partial charge in [-0.15, -0.1) is 0 Å². The second-order valence-corrected chi connectivity index (χ2v) is 4.10. The smallest absolute Gasteiger partial charge is 0.118 e. The van der Waals surface area contributed by atoms with E-state index in [4.69, 9.17) is 20.9 Å². The van der Waals surface area contributed by atoms with Crippen molar-refractivity contribution in [2.75, 3.05) is 14.2 Å². The summed E-state index contributed by atoms with van der Waals surface area (Å²) in [6.45, 7) is 1.17. The van der Waals surface area contributed by atoms with Crippen LogP contribution in [0, 0.1) is 0 Å². The first-order valence-corrected chi connectivity index (χ1v) is 6.39. The molecular formula is C16H22N2O2. The maximum atomic E-state index is 5.40. The first kappa shape index (κ1) is 16.0. The average Bonchev–Trinajstić information content (AvgIpc) is 2.55. The summed E-state index contributed by atoms with van der Waals surface area (Å²) in [4.78, 5) is 0.